The maximum absolute atomic E-state index is 13.8. The molecule has 0 aliphatic carbocycles. The third-order valence-electron chi connectivity index (χ3n) is 4.96. The van der Waals surface area contributed by atoms with Crippen molar-refractivity contribution >= 4 is 5.91 Å². The lowest BCUT2D eigenvalue weighted by atomic mass is 10.1. The van der Waals surface area contributed by atoms with E-state index in [2.05, 4.69) is 5.10 Å². The molecular formula is C19H21F5N4O. The van der Waals surface area contributed by atoms with Crippen LogP contribution in [-0.4, -0.2) is 51.7 Å². The Morgan fingerprint density at radius 2 is 1.83 bits per heavy atom. The normalized spacial score (nSPS) is 15.7. The van der Waals surface area contributed by atoms with Gasteiger partial charge in [0.2, 0.25) is 5.91 Å². The SMILES string of the molecule is Cc1cc(C(F)(F)F)nn1CCC(=O)N1CCN(Cc2cccc(F)c2F)CC1. The number of aryl methyl sites for hydroxylation is 2. The number of halogens is 5. The van der Waals surface area contributed by atoms with Crippen molar-refractivity contribution < 1.29 is 26.7 Å². The number of rotatable bonds is 5. The van der Waals surface area contributed by atoms with Gasteiger partial charge in [-0.15, -0.1) is 0 Å². The minimum absolute atomic E-state index is 0.0400. The van der Waals surface area contributed by atoms with Crippen molar-refractivity contribution in [3.63, 3.8) is 0 Å². The quantitative estimate of drug-likeness (QED) is 0.703. The molecule has 2 heterocycles. The number of carbonyl (C=O) groups is 1. The molecule has 0 saturated carbocycles. The van der Waals surface area contributed by atoms with Crippen molar-refractivity contribution in [2.45, 2.75) is 32.6 Å². The van der Waals surface area contributed by atoms with Gasteiger partial charge in [-0.1, -0.05) is 12.1 Å². The first-order chi connectivity index (χ1) is 13.6. The first kappa shape index (κ1) is 21.2. The summed E-state index contributed by atoms with van der Waals surface area (Å²) in [7, 11) is 0. The fourth-order valence-electron chi connectivity index (χ4n) is 3.30. The summed E-state index contributed by atoms with van der Waals surface area (Å²) in [6.07, 6.45) is -4.48. The maximum Gasteiger partial charge on any atom is 0.435 e. The van der Waals surface area contributed by atoms with E-state index in [9.17, 15) is 26.7 Å². The summed E-state index contributed by atoms with van der Waals surface area (Å²) in [6.45, 7) is 3.66. The number of amides is 1. The largest absolute Gasteiger partial charge is 0.435 e. The average molecular weight is 416 g/mol. The zero-order valence-electron chi connectivity index (χ0n) is 15.8. The van der Waals surface area contributed by atoms with E-state index in [1.165, 1.54) is 23.7 Å². The number of hydrogen-bond acceptors (Lipinski definition) is 3. The van der Waals surface area contributed by atoms with Crippen molar-refractivity contribution in [1.29, 1.82) is 0 Å². The molecule has 1 fully saturated rings. The summed E-state index contributed by atoms with van der Waals surface area (Å²) < 4.78 is 66.4. The number of aromatic nitrogens is 2. The van der Waals surface area contributed by atoms with Crippen LogP contribution in [0.15, 0.2) is 24.3 Å². The van der Waals surface area contributed by atoms with Gasteiger partial charge in [0.1, 0.15) is 0 Å². The third kappa shape index (κ3) is 5.11. The molecule has 0 N–H and O–H groups in total. The smallest absolute Gasteiger partial charge is 0.340 e. The van der Waals surface area contributed by atoms with Crippen LogP contribution in [0.4, 0.5) is 22.0 Å². The number of alkyl halides is 3. The fraction of sp³-hybridized carbons (Fsp3) is 0.474. The molecule has 1 aromatic heterocycles. The highest BCUT2D eigenvalue weighted by Crippen LogP contribution is 2.28. The van der Waals surface area contributed by atoms with Crippen molar-refractivity contribution in [2.24, 2.45) is 0 Å². The summed E-state index contributed by atoms with van der Waals surface area (Å²) >= 11 is 0. The highest BCUT2D eigenvalue weighted by Gasteiger charge is 2.34. The number of piperazine rings is 1. The van der Waals surface area contributed by atoms with Gasteiger partial charge in [-0.2, -0.15) is 18.3 Å². The molecule has 10 heteroatoms. The van der Waals surface area contributed by atoms with Crippen molar-refractivity contribution in [3.05, 3.63) is 52.9 Å². The van der Waals surface area contributed by atoms with Crippen LogP contribution in [0.25, 0.3) is 0 Å². The van der Waals surface area contributed by atoms with Crippen LogP contribution in [0.1, 0.15) is 23.4 Å². The molecule has 1 aromatic carbocycles. The molecule has 1 amide bonds. The molecule has 1 saturated heterocycles. The van der Waals surface area contributed by atoms with E-state index in [0.717, 1.165) is 12.1 Å². The molecule has 1 aliphatic rings. The standard InChI is InChI=1S/C19H21F5N4O/c1-13-11-16(19(22,23)24)25-28(13)6-5-17(29)27-9-7-26(8-10-27)12-14-3-2-4-15(20)18(14)21/h2-4,11H,5-10,12H2,1H3. The highest BCUT2D eigenvalue weighted by molar-refractivity contribution is 5.76. The van der Waals surface area contributed by atoms with Gasteiger partial charge in [-0.05, 0) is 19.1 Å². The Kier molecular flexibility index (Phi) is 6.21. The van der Waals surface area contributed by atoms with Crippen LogP contribution in [0.5, 0.6) is 0 Å². The molecule has 2 aromatic rings. The van der Waals surface area contributed by atoms with E-state index in [-0.39, 0.29) is 31.0 Å². The lowest BCUT2D eigenvalue weighted by Gasteiger charge is -2.35. The number of carbonyl (C=O) groups excluding carboxylic acids is 1. The van der Waals surface area contributed by atoms with Crippen LogP contribution in [0.3, 0.4) is 0 Å². The molecule has 29 heavy (non-hydrogen) atoms. The van der Waals surface area contributed by atoms with Crippen molar-refractivity contribution in [1.82, 2.24) is 19.6 Å². The Labute approximate surface area is 164 Å². The predicted octanol–water partition coefficient (Wildman–Crippen LogP) is 3.22. The molecular weight excluding hydrogens is 395 g/mol. The lowest BCUT2D eigenvalue weighted by Crippen LogP contribution is -2.48. The first-order valence-corrected chi connectivity index (χ1v) is 9.20. The van der Waals surface area contributed by atoms with E-state index in [4.69, 9.17) is 0 Å². The van der Waals surface area contributed by atoms with Gasteiger partial charge in [0.15, 0.2) is 17.3 Å². The summed E-state index contributed by atoms with van der Waals surface area (Å²) in [4.78, 5) is 15.9. The Bertz CT molecular complexity index is 872. The maximum atomic E-state index is 13.8. The van der Waals surface area contributed by atoms with Crippen LogP contribution in [0, 0.1) is 18.6 Å². The Balaban J connectivity index is 1.49. The zero-order chi connectivity index (χ0) is 21.2. The molecule has 0 radical (unpaired) electrons. The second-order valence-corrected chi connectivity index (χ2v) is 7.01. The van der Waals surface area contributed by atoms with Crippen LogP contribution >= 0.6 is 0 Å². The van der Waals surface area contributed by atoms with Crippen LogP contribution in [0.2, 0.25) is 0 Å². The summed E-state index contributed by atoms with van der Waals surface area (Å²) in [5.41, 5.74) is -0.368. The number of nitrogens with zero attached hydrogens (tertiary/aromatic N) is 4. The molecule has 0 spiro atoms. The molecule has 3 rings (SSSR count). The summed E-state index contributed by atoms with van der Waals surface area (Å²) in [5.74, 6) is -1.93. The summed E-state index contributed by atoms with van der Waals surface area (Å²) in [5, 5.41) is 3.52. The fourth-order valence-corrected chi connectivity index (χ4v) is 3.30. The Morgan fingerprint density at radius 3 is 2.45 bits per heavy atom. The minimum atomic E-state index is -4.52. The monoisotopic (exact) mass is 416 g/mol. The van der Waals surface area contributed by atoms with E-state index >= 15 is 0 Å². The van der Waals surface area contributed by atoms with E-state index in [1.54, 1.807) is 4.90 Å². The van der Waals surface area contributed by atoms with Gasteiger partial charge in [0.25, 0.3) is 0 Å². The van der Waals surface area contributed by atoms with Crippen molar-refractivity contribution in [3.8, 4) is 0 Å². The molecule has 1 aliphatic heterocycles. The molecule has 5 nitrogen and oxygen atoms in total. The van der Waals surface area contributed by atoms with Gasteiger partial charge >= 0.3 is 6.18 Å². The highest BCUT2D eigenvalue weighted by atomic mass is 19.4. The number of hydrogen-bond donors (Lipinski definition) is 0. The van der Waals surface area contributed by atoms with Crippen molar-refractivity contribution in [2.75, 3.05) is 26.2 Å². The third-order valence-corrected chi connectivity index (χ3v) is 4.96. The van der Waals surface area contributed by atoms with Gasteiger partial charge in [-0.3, -0.25) is 14.4 Å². The van der Waals surface area contributed by atoms with E-state index in [1.807, 2.05) is 4.90 Å². The first-order valence-electron chi connectivity index (χ1n) is 9.20. The predicted molar refractivity (Wildman–Crippen MR) is 94.8 cm³/mol. The van der Waals surface area contributed by atoms with Gasteiger partial charge in [-0.25, -0.2) is 8.78 Å². The molecule has 0 bridgehead atoms. The molecule has 0 unspecified atom stereocenters. The number of benzene rings is 1. The summed E-state index contributed by atoms with van der Waals surface area (Å²) in [6, 6.07) is 5.00. The average Bonchev–Trinajstić information content (AvgIpc) is 3.05. The second kappa shape index (κ2) is 8.48. The van der Waals surface area contributed by atoms with Crippen LogP contribution < -0.4 is 0 Å². The Hall–Kier alpha value is -2.49. The minimum Gasteiger partial charge on any atom is -0.340 e. The second-order valence-electron chi connectivity index (χ2n) is 7.01. The van der Waals surface area contributed by atoms with Gasteiger partial charge in [0, 0.05) is 56.9 Å². The lowest BCUT2D eigenvalue weighted by molar-refractivity contribution is -0.141. The topological polar surface area (TPSA) is 41.4 Å². The van der Waals surface area contributed by atoms with Crippen LogP contribution in [-0.2, 0) is 24.1 Å². The zero-order valence-corrected chi connectivity index (χ0v) is 15.8. The van der Waals surface area contributed by atoms with Gasteiger partial charge < -0.3 is 4.90 Å². The Morgan fingerprint density at radius 1 is 1.14 bits per heavy atom. The van der Waals surface area contributed by atoms with E-state index in [0.29, 0.717) is 31.9 Å². The molecule has 0 atom stereocenters. The van der Waals surface area contributed by atoms with Gasteiger partial charge in [0.05, 0.1) is 0 Å². The molecule has 158 valence electrons. The van der Waals surface area contributed by atoms with E-state index < -0.39 is 23.5 Å².